The highest BCUT2D eigenvalue weighted by molar-refractivity contribution is 5.50. The van der Waals surface area contributed by atoms with Crippen LogP contribution >= 0.6 is 0 Å². The minimum Gasteiger partial charge on any atom is -0.399 e. The lowest BCUT2D eigenvalue weighted by Crippen LogP contribution is -2.36. The van der Waals surface area contributed by atoms with Crippen LogP contribution < -0.4 is 11.1 Å². The molecular weight excluding hydrogens is 226 g/mol. The number of hydrogen-bond acceptors (Lipinski definition) is 4. The van der Waals surface area contributed by atoms with E-state index in [0.717, 1.165) is 5.56 Å². The van der Waals surface area contributed by atoms with Crippen molar-refractivity contribution >= 4 is 11.5 Å². The molecule has 4 nitrogen and oxygen atoms in total. The van der Waals surface area contributed by atoms with E-state index >= 15 is 0 Å². The third kappa shape index (κ3) is 2.60. The molecule has 1 unspecified atom stereocenters. The predicted molar refractivity (Wildman–Crippen MR) is 73.2 cm³/mol. The minimum absolute atomic E-state index is 0.0342. The second kappa shape index (κ2) is 5.06. The van der Waals surface area contributed by atoms with Crippen molar-refractivity contribution in [2.45, 2.75) is 12.5 Å². The number of nitrogens with two attached hydrogens (primary N) is 1. The Balaban J connectivity index is 2.29. The first kappa shape index (κ1) is 12.4. The standard InChI is InChI=1S/C14H17N3O/c1-14(10-18,11-5-3-2-4-6-11)17-13-9-12(15)7-8-16-13/h2-9,18H,10H2,1H3,(H3,15,16,17). The van der Waals surface area contributed by atoms with Crippen molar-refractivity contribution in [2.24, 2.45) is 0 Å². The molecule has 1 heterocycles. The van der Waals surface area contributed by atoms with Crippen LogP contribution in [-0.4, -0.2) is 16.7 Å². The molecule has 0 bridgehead atoms. The van der Waals surface area contributed by atoms with E-state index in [1.807, 2.05) is 37.3 Å². The van der Waals surface area contributed by atoms with Gasteiger partial charge >= 0.3 is 0 Å². The van der Waals surface area contributed by atoms with Gasteiger partial charge in [0, 0.05) is 18.0 Å². The van der Waals surface area contributed by atoms with Gasteiger partial charge in [-0.1, -0.05) is 30.3 Å². The van der Waals surface area contributed by atoms with Crippen LogP contribution in [0.15, 0.2) is 48.7 Å². The fraction of sp³-hybridized carbons (Fsp3) is 0.214. The van der Waals surface area contributed by atoms with Crippen LogP contribution in [0.1, 0.15) is 12.5 Å². The lowest BCUT2D eigenvalue weighted by molar-refractivity contribution is 0.223. The normalized spacial score (nSPS) is 13.9. The van der Waals surface area contributed by atoms with Crippen LogP contribution in [0.3, 0.4) is 0 Å². The smallest absolute Gasteiger partial charge is 0.128 e. The molecule has 0 saturated carbocycles. The molecule has 0 aliphatic carbocycles. The summed E-state index contributed by atoms with van der Waals surface area (Å²) in [6.07, 6.45) is 1.64. The lowest BCUT2D eigenvalue weighted by Gasteiger charge is -2.30. The van der Waals surface area contributed by atoms with Crippen molar-refractivity contribution in [3.63, 3.8) is 0 Å². The van der Waals surface area contributed by atoms with Crippen LogP contribution in [0.2, 0.25) is 0 Å². The van der Waals surface area contributed by atoms with Crippen molar-refractivity contribution < 1.29 is 5.11 Å². The number of nitrogen functional groups attached to an aromatic ring is 1. The van der Waals surface area contributed by atoms with E-state index in [1.165, 1.54) is 0 Å². The highest BCUT2D eigenvalue weighted by Gasteiger charge is 2.25. The number of benzene rings is 1. The van der Waals surface area contributed by atoms with Crippen LogP contribution in [0.4, 0.5) is 11.5 Å². The number of aliphatic hydroxyl groups is 1. The van der Waals surface area contributed by atoms with Gasteiger partial charge in [-0.3, -0.25) is 0 Å². The second-order valence-corrected chi connectivity index (χ2v) is 4.46. The van der Waals surface area contributed by atoms with E-state index in [0.29, 0.717) is 11.5 Å². The fourth-order valence-corrected chi connectivity index (χ4v) is 1.81. The average Bonchev–Trinajstić information content (AvgIpc) is 2.39. The van der Waals surface area contributed by atoms with Gasteiger partial charge < -0.3 is 16.2 Å². The number of nitrogens with zero attached hydrogens (tertiary/aromatic N) is 1. The summed E-state index contributed by atoms with van der Waals surface area (Å²) in [6.45, 7) is 1.89. The molecule has 4 N–H and O–H groups in total. The molecule has 18 heavy (non-hydrogen) atoms. The van der Waals surface area contributed by atoms with E-state index in [9.17, 15) is 5.11 Å². The van der Waals surface area contributed by atoms with Crippen molar-refractivity contribution in [2.75, 3.05) is 17.7 Å². The Morgan fingerprint density at radius 1 is 1.28 bits per heavy atom. The van der Waals surface area contributed by atoms with Gasteiger partial charge in [-0.25, -0.2) is 4.98 Å². The van der Waals surface area contributed by atoms with E-state index in [1.54, 1.807) is 18.3 Å². The topological polar surface area (TPSA) is 71.2 Å². The Hall–Kier alpha value is -2.07. The summed E-state index contributed by atoms with van der Waals surface area (Å²) >= 11 is 0. The van der Waals surface area contributed by atoms with Gasteiger partial charge in [-0.15, -0.1) is 0 Å². The molecule has 0 radical (unpaired) electrons. The fourth-order valence-electron chi connectivity index (χ4n) is 1.81. The van der Waals surface area contributed by atoms with Gasteiger partial charge in [-0.05, 0) is 18.6 Å². The monoisotopic (exact) mass is 243 g/mol. The number of hydrogen-bond donors (Lipinski definition) is 3. The third-order valence-corrected chi connectivity index (χ3v) is 2.92. The molecule has 1 aromatic carbocycles. The van der Waals surface area contributed by atoms with Crippen LogP contribution in [0, 0.1) is 0 Å². The first-order valence-corrected chi connectivity index (χ1v) is 5.80. The van der Waals surface area contributed by atoms with E-state index in [4.69, 9.17) is 5.73 Å². The van der Waals surface area contributed by atoms with Gasteiger partial charge in [0.25, 0.3) is 0 Å². The molecule has 2 rings (SSSR count). The van der Waals surface area contributed by atoms with Gasteiger partial charge in [0.15, 0.2) is 0 Å². The van der Waals surface area contributed by atoms with Crippen LogP contribution in [0.25, 0.3) is 0 Å². The third-order valence-electron chi connectivity index (χ3n) is 2.92. The maximum absolute atomic E-state index is 9.65. The molecule has 1 atom stereocenters. The zero-order chi connectivity index (χ0) is 13.0. The van der Waals surface area contributed by atoms with Crippen molar-refractivity contribution in [3.8, 4) is 0 Å². The number of aromatic nitrogens is 1. The Kier molecular flexibility index (Phi) is 3.48. The molecule has 0 aliphatic rings. The van der Waals surface area contributed by atoms with Gasteiger partial charge in [0.2, 0.25) is 0 Å². The summed E-state index contributed by atoms with van der Waals surface area (Å²) in [5.41, 5.74) is 6.77. The molecule has 0 aliphatic heterocycles. The Labute approximate surface area is 106 Å². The summed E-state index contributed by atoms with van der Waals surface area (Å²) in [7, 11) is 0. The zero-order valence-electron chi connectivity index (χ0n) is 10.3. The first-order valence-electron chi connectivity index (χ1n) is 5.80. The lowest BCUT2D eigenvalue weighted by atomic mass is 9.93. The summed E-state index contributed by atoms with van der Waals surface area (Å²) in [4.78, 5) is 4.20. The molecule has 2 aromatic rings. The van der Waals surface area contributed by atoms with E-state index in [-0.39, 0.29) is 6.61 Å². The first-order chi connectivity index (χ1) is 8.64. The number of pyridine rings is 1. The SMILES string of the molecule is CC(CO)(Nc1cc(N)ccn1)c1ccccc1. The average molecular weight is 243 g/mol. The summed E-state index contributed by atoms with van der Waals surface area (Å²) < 4.78 is 0. The number of anilines is 2. The van der Waals surface area contributed by atoms with E-state index in [2.05, 4.69) is 10.3 Å². The van der Waals surface area contributed by atoms with Crippen LogP contribution in [0.5, 0.6) is 0 Å². The number of rotatable bonds is 4. The summed E-state index contributed by atoms with van der Waals surface area (Å²) in [5.74, 6) is 0.649. The summed E-state index contributed by atoms with van der Waals surface area (Å²) in [5, 5.41) is 12.9. The van der Waals surface area contributed by atoms with E-state index < -0.39 is 5.54 Å². The molecule has 0 amide bonds. The molecule has 0 saturated heterocycles. The highest BCUT2D eigenvalue weighted by Crippen LogP contribution is 2.25. The van der Waals surface area contributed by atoms with Crippen molar-refractivity contribution in [1.82, 2.24) is 4.98 Å². The molecule has 1 aromatic heterocycles. The minimum atomic E-state index is -0.581. The summed E-state index contributed by atoms with van der Waals surface area (Å²) in [6, 6.07) is 13.2. The maximum Gasteiger partial charge on any atom is 0.128 e. The Morgan fingerprint density at radius 2 is 2.00 bits per heavy atom. The number of nitrogens with one attached hydrogen (secondary N) is 1. The molecule has 0 fully saturated rings. The van der Waals surface area contributed by atoms with Gasteiger partial charge in [-0.2, -0.15) is 0 Å². The number of aliphatic hydroxyl groups excluding tert-OH is 1. The largest absolute Gasteiger partial charge is 0.399 e. The van der Waals surface area contributed by atoms with Crippen molar-refractivity contribution in [3.05, 3.63) is 54.2 Å². The second-order valence-electron chi connectivity index (χ2n) is 4.46. The predicted octanol–water partition coefficient (Wildman–Crippen LogP) is 1.98. The van der Waals surface area contributed by atoms with Crippen LogP contribution in [-0.2, 0) is 5.54 Å². The van der Waals surface area contributed by atoms with Gasteiger partial charge in [0.05, 0.1) is 12.1 Å². The zero-order valence-corrected chi connectivity index (χ0v) is 10.3. The molecule has 94 valence electrons. The Morgan fingerprint density at radius 3 is 2.61 bits per heavy atom. The quantitative estimate of drug-likeness (QED) is 0.768. The molecule has 4 heteroatoms. The highest BCUT2D eigenvalue weighted by atomic mass is 16.3. The van der Waals surface area contributed by atoms with Crippen molar-refractivity contribution in [1.29, 1.82) is 0 Å². The maximum atomic E-state index is 9.65. The molecular formula is C14H17N3O. The van der Waals surface area contributed by atoms with Gasteiger partial charge in [0.1, 0.15) is 5.82 Å². The Bertz CT molecular complexity index is 515. The molecule has 0 spiro atoms.